The van der Waals surface area contributed by atoms with Crippen molar-refractivity contribution >= 4 is 23.5 Å². The molecule has 0 spiro atoms. The number of aromatic nitrogens is 2. The third-order valence-corrected chi connectivity index (χ3v) is 3.62. The number of nitrogens with zero attached hydrogens (tertiary/aromatic N) is 2. The summed E-state index contributed by atoms with van der Waals surface area (Å²) in [7, 11) is 0. The molecule has 25 heavy (non-hydrogen) atoms. The van der Waals surface area contributed by atoms with Crippen LogP contribution in [0.2, 0.25) is 0 Å². The number of carbonyl (C=O) groups excluding carboxylic acids is 1. The Morgan fingerprint density at radius 2 is 1.88 bits per heavy atom. The number of hydrogen-bond acceptors (Lipinski definition) is 4. The van der Waals surface area contributed by atoms with Crippen LogP contribution in [0.15, 0.2) is 54.7 Å². The van der Waals surface area contributed by atoms with E-state index in [0.717, 1.165) is 5.56 Å². The third-order valence-electron chi connectivity index (χ3n) is 3.62. The molecule has 0 bridgehead atoms. The van der Waals surface area contributed by atoms with Gasteiger partial charge in [-0.05, 0) is 18.2 Å². The average molecular weight is 336 g/mol. The fourth-order valence-electron chi connectivity index (χ4n) is 2.49. The highest BCUT2D eigenvalue weighted by atomic mass is 16.4. The summed E-state index contributed by atoms with van der Waals surface area (Å²) in [6.07, 6.45) is 1.71. The molecule has 3 rings (SSSR count). The summed E-state index contributed by atoms with van der Waals surface area (Å²) >= 11 is 0. The van der Waals surface area contributed by atoms with Crippen LogP contribution in [0.1, 0.15) is 17.3 Å². The molecule has 0 aliphatic rings. The van der Waals surface area contributed by atoms with E-state index in [1.807, 2.05) is 30.3 Å². The van der Waals surface area contributed by atoms with Crippen molar-refractivity contribution < 1.29 is 14.7 Å². The Labute approximate surface area is 143 Å². The minimum absolute atomic E-state index is 0.0819. The molecule has 0 saturated carbocycles. The highest BCUT2D eigenvalue weighted by Crippen LogP contribution is 2.28. The molecule has 126 valence electrons. The number of nitrogens with two attached hydrogens (primary N) is 1. The molecule has 0 aliphatic heterocycles. The highest BCUT2D eigenvalue weighted by Gasteiger charge is 2.15. The Morgan fingerprint density at radius 1 is 1.16 bits per heavy atom. The molecular formula is C18H16N4O3. The summed E-state index contributed by atoms with van der Waals surface area (Å²) in [6.45, 7) is 1.38. The Bertz CT molecular complexity index is 948. The molecule has 0 unspecified atom stereocenters. The van der Waals surface area contributed by atoms with Crippen molar-refractivity contribution in [3.63, 3.8) is 0 Å². The zero-order valence-electron chi connectivity index (χ0n) is 13.4. The van der Waals surface area contributed by atoms with E-state index in [-0.39, 0.29) is 17.4 Å². The van der Waals surface area contributed by atoms with Gasteiger partial charge in [0.2, 0.25) is 11.9 Å². The van der Waals surface area contributed by atoms with Crippen molar-refractivity contribution in [3.05, 3.63) is 60.3 Å². The van der Waals surface area contributed by atoms with Gasteiger partial charge in [-0.3, -0.25) is 9.36 Å². The number of carbonyl (C=O) groups is 2. The van der Waals surface area contributed by atoms with E-state index < -0.39 is 5.97 Å². The molecule has 4 N–H and O–H groups in total. The summed E-state index contributed by atoms with van der Waals surface area (Å²) in [5.74, 6) is -1.16. The number of carboxylic acid groups (broad SMARTS) is 1. The topological polar surface area (TPSA) is 110 Å². The van der Waals surface area contributed by atoms with Crippen molar-refractivity contribution in [1.29, 1.82) is 0 Å². The van der Waals surface area contributed by atoms with E-state index in [9.17, 15) is 14.7 Å². The smallest absolute Gasteiger partial charge is 0.335 e. The van der Waals surface area contributed by atoms with Crippen molar-refractivity contribution in [2.24, 2.45) is 0 Å². The minimum atomic E-state index is -1.07. The molecule has 0 atom stereocenters. The Hall–Kier alpha value is -3.61. The molecule has 1 aromatic heterocycles. The number of carboxylic acids is 1. The Balaban J connectivity index is 2.14. The maximum absolute atomic E-state index is 11.4. The first-order chi connectivity index (χ1) is 12.0. The summed E-state index contributed by atoms with van der Waals surface area (Å²) in [6, 6.07) is 13.9. The fraction of sp³-hybridized carbons (Fsp3) is 0.0556. The molecule has 2 aromatic carbocycles. The van der Waals surface area contributed by atoms with Gasteiger partial charge in [0.25, 0.3) is 0 Å². The van der Waals surface area contributed by atoms with E-state index in [2.05, 4.69) is 10.3 Å². The molecular weight excluding hydrogens is 320 g/mol. The van der Waals surface area contributed by atoms with Crippen molar-refractivity contribution in [2.75, 3.05) is 11.1 Å². The fourth-order valence-corrected chi connectivity index (χ4v) is 2.49. The standard InChI is InChI=1S/C18H16N4O3/c1-11(23)20-14-8-7-13(17(24)25)9-16(14)22-10-15(21-18(22)19)12-5-3-2-4-6-12/h2-10H,1H3,(H2,19,21)(H,20,23)(H,24,25). The number of anilines is 2. The second-order valence-electron chi connectivity index (χ2n) is 5.44. The SMILES string of the molecule is CC(=O)Nc1ccc(C(=O)O)cc1-n1cc(-c2ccccc2)nc1N. The van der Waals surface area contributed by atoms with Crippen LogP contribution >= 0.6 is 0 Å². The molecule has 0 radical (unpaired) electrons. The molecule has 0 fully saturated rings. The van der Waals surface area contributed by atoms with Crippen LogP contribution in [0.5, 0.6) is 0 Å². The Morgan fingerprint density at radius 3 is 2.52 bits per heavy atom. The van der Waals surface area contributed by atoms with Crippen LogP contribution in [-0.2, 0) is 4.79 Å². The zero-order valence-corrected chi connectivity index (χ0v) is 13.4. The van der Waals surface area contributed by atoms with Gasteiger partial charge in [-0.15, -0.1) is 0 Å². The average Bonchev–Trinajstić information content (AvgIpc) is 2.97. The van der Waals surface area contributed by atoms with Crippen LogP contribution in [0.25, 0.3) is 16.9 Å². The number of benzene rings is 2. The molecule has 0 saturated heterocycles. The quantitative estimate of drug-likeness (QED) is 0.678. The van der Waals surface area contributed by atoms with Gasteiger partial charge < -0.3 is 16.2 Å². The number of hydrogen-bond donors (Lipinski definition) is 3. The van der Waals surface area contributed by atoms with Crippen molar-refractivity contribution in [3.8, 4) is 16.9 Å². The van der Waals surface area contributed by atoms with Crippen LogP contribution in [0.4, 0.5) is 11.6 Å². The van der Waals surface area contributed by atoms with Gasteiger partial charge in [0.05, 0.1) is 22.6 Å². The third kappa shape index (κ3) is 3.35. The number of nitrogen functional groups attached to an aromatic ring is 1. The monoisotopic (exact) mass is 336 g/mol. The lowest BCUT2D eigenvalue weighted by molar-refractivity contribution is -0.114. The first kappa shape index (κ1) is 16.3. The first-order valence-corrected chi connectivity index (χ1v) is 7.51. The van der Waals surface area contributed by atoms with Gasteiger partial charge in [-0.25, -0.2) is 9.78 Å². The number of amides is 1. The van der Waals surface area contributed by atoms with Crippen molar-refractivity contribution in [2.45, 2.75) is 6.92 Å². The van der Waals surface area contributed by atoms with Gasteiger partial charge in [0, 0.05) is 18.7 Å². The lowest BCUT2D eigenvalue weighted by Gasteiger charge is -2.12. The van der Waals surface area contributed by atoms with Gasteiger partial charge >= 0.3 is 5.97 Å². The summed E-state index contributed by atoms with van der Waals surface area (Å²) in [4.78, 5) is 27.1. The minimum Gasteiger partial charge on any atom is -0.478 e. The largest absolute Gasteiger partial charge is 0.478 e. The van der Waals surface area contributed by atoms with Gasteiger partial charge in [-0.2, -0.15) is 0 Å². The second-order valence-corrected chi connectivity index (χ2v) is 5.44. The number of aromatic carboxylic acids is 1. The van der Waals surface area contributed by atoms with Gasteiger partial charge in [0.1, 0.15) is 0 Å². The summed E-state index contributed by atoms with van der Waals surface area (Å²) in [5.41, 5.74) is 8.51. The van der Waals surface area contributed by atoms with Crippen LogP contribution in [0, 0.1) is 0 Å². The molecule has 7 heteroatoms. The van der Waals surface area contributed by atoms with Gasteiger partial charge in [0.15, 0.2) is 0 Å². The predicted molar refractivity (Wildman–Crippen MR) is 94.7 cm³/mol. The van der Waals surface area contributed by atoms with E-state index in [1.54, 1.807) is 10.8 Å². The maximum atomic E-state index is 11.4. The van der Waals surface area contributed by atoms with E-state index >= 15 is 0 Å². The molecule has 3 aromatic rings. The maximum Gasteiger partial charge on any atom is 0.335 e. The molecule has 0 aliphatic carbocycles. The van der Waals surface area contributed by atoms with Crippen LogP contribution in [-0.4, -0.2) is 26.5 Å². The first-order valence-electron chi connectivity index (χ1n) is 7.51. The number of nitrogens with one attached hydrogen (secondary N) is 1. The molecule has 1 amide bonds. The highest BCUT2D eigenvalue weighted by molar-refractivity contribution is 5.94. The number of imidazole rings is 1. The van der Waals surface area contributed by atoms with E-state index in [1.165, 1.54) is 25.1 Å². The molecule has 7 nitrogen and oxygen atoms in total. The van der Waals surface area contributed by atoms with Crippen LogP contribution in [0.3, 0.4) is 0 Å². The van der Waals surface area contributed by atoms with Crippen LogP contribution < -0.4 is 11.1 Å². The summed E-state index contributed by atoms with van der Waals surface area (Å²) in [5, 5.41) is 11.9. The lowest BCUT2D eigenvalue weighted by Crippen LogP contribution is -2.11. The normalized spacial score (nSPS) is 10.4. The zero-order chi connectivity index (χ0) is 18.0. The van der Waals surface area contributed by atoms with E-state index in [0.29, 0.717) is 17.1 Å². The molecule has 1 heterocycles. The van der Waals surface area contributed by atoms with E-state index in [4.69, 9.17) is 5.73 Å². The number of rotatable bonds is 4. The summed E-state index contributed by atoms with van der Waals surface area (Å²) < 4.78 is 1.56. The second kappa shape index (κ2) is 6.48. The Kier molecular flexibility index (Phi) is 4.21. The van der Waals surface area contributed by atoms with Gasteiger partial charge in [-0.1, -0.05) is 30.3 Å². The lowest BCUT2D eigenvalue weighted by atomic mass is 10.1. The van der Waals surface area contributed by atoms with Crippen molar-refractivity contribution in [1.82, 2.24) is 9.55 Å². The predicted octanol–water partition coefficient (Wildman–Crippen LogP) is 2.78.